The number of thioether (sulfide) groups is 1. The van der Waals surface area contributed by atoms with E-state index in [1.165, 1.54) is 4.90 Å². The summed E-state index contributed by atoms with van der Waals surface area (Å²) in [6, 6.07) is 0. The van der Waals surface area contributed by atoms with Crippen LogP contribution < -0.4 is 4.90 Å². The molecule has 2 aliphatic rings. The van der Waals surface area contributed by atoms with Gasteiger partial charge in [0.1, 0.15) is 5.82 Å². The fraction of sp³-hybridized carbons (Fsp3) is 0.600. The van der Waals surface area contributed by atoms with E-state index in [-0.39, 0.29) is 0 Å². The summed E-state index contributed by atoms with van der Waals surface area (Å²) in [6.45, 7) is 3.31. The summed E-state index contributed by atoms with van der Waals surface area (Å²) in [4.78, 5) is 12.1. The van der Waals surface area contributed by atoms with Crippen LogP contribution in [0.3, 0.4) is 0 Å². The van der Waals surface area contributed by atoms with Gasteiger partial charge in [-0.3, -0.25) is 0 Å². The second-order valence-electron chi connectivity index (χ2n) is 3.79. The van der Waals surface area contributed by atoms with E-state index in [0.29, 0.717) is 5.28 Å². The van der Waals surface area contributed by atoms with Crippen LogP contribution >= 0.6 is 23.4 Å². The Morgan fingerprint density at radius 1 is 1.25 bits per heavy atom. The first-order chi connectivity index (χ1) is 7.84. The third-order valence-electron chi connectivity index (χ3n) is 2.79. The van der Waals surface area contributed by atoms with Crippen LogP contribution in [-0.4, -0.2) is 42.0 Å². The van der Waals surface area contributed by atoms with Crippen LogP contribution in [0.2, 0.25) is 5.28 Å². The number of nitrogens with zero attached hydrogens (tertiary/aromatic N) is 3. The van der Waals surface area contributed by atoms with Gasteiger partial charge in [0.2, 0.25) is 5.28 Å². The molecule has 0 radical (unpaired) electrons. The van der Waals surface area contributed by atoms with Crippen molar-refractivity contribution in [2.45, 2.75) is 11.3 Å². The SMILES string of the molecule is Clc1nc2c(c(N3CCOCC3)n1)SCC2. The number of hydrogen-bond acceptors (Lipinski definition) is 5. The van der Waals surface area contributed by atoms with E-state index in [2.05, 4.69) is 14.9 Å². The molecule has 16 heavy (non-hydrogen) atoms. The molecule has 0 atom stereocenters. The molecule has 1 aromatic heterocycles. The van der Waals surface area contributed by atoms with E-state index in [1.807, 2.05) is 11.8 Å². The smallest absolute Gasteiger partial charge is 0.224 e. The molecule has 1 fully saturated rings. The van der Waals surface area contributed by atoms with Gasteiger partial charge in [0, 0.05) is 25.3 Å². The summed E-state index contributed by atoms with van der Waals surface area (Å²) in [5, 5.41) is 0.364. The third kappa shape index (κ3) is 1.87. The van der Waals surface area contributed by atoms with Gasteiger partial charge in [0.25, 0.3) is 0 Å². The minimum absolute atomic E-state index is 0.364. The lowest BCUT2D eigenvalue weighted by Crippen LogP contribution is -2.37. The van der Waals surface area contributed by atoms with Gasteiger partial charge in [-0.2, -0.15) is 4.98 Å². The number of rotatable bonds is 1. The second kappa shape index (κ2) is 4.39. The number of morpholine rings is 1. The summed E-state index contributed by atoms with van der Waals surface area (Å²) in [7, 11) is 0. The molecule has 0 aromatic carbocycles. The molecule has 3 rings (SSSR count). The summed E-state index contributed by atoms with van der Waals surface area (Å²) in [5.41, 5.74) is 1.10. The zero-order valence-electron chi connectivity index (χ0n) is 8.78. The number of fused-ring (bicyclic) bond motifs is 1. The molecule has 0 spiro atoms. The maximum atomic E-state index is 5.96. The monoisotopic (exact) mass is 257 g/mol. The van der Waals surface area contributed by atoms with Crippen molar-refractivity contribution in [2.24, 2.45) is 0 Å². The van der Waals surface area contributed by atoms with E-state index in [9.17, 15) is 0 Å². The first kappa shape index (κ1) is 10.6. The Kier molecular flexibility index (Phi) is 2.91. The number of halogens is 1. The molecule has 0 unspecified atom stereocenters. The Bertz CT molecular complexity index is 409. The highest BCUT2D eigenvalue weighted by molar-refractivity contribution is 7.99. The lowest BCUT2D eigenvalue weighted by atomic mass is 10.3. The molecule has 2 aliphatic heterocycles. The number of ether oxygens (including phenoxy) is 1. The highest BCUT2D eigenvalue weighted by Gasteiger charge is 2.24. The zero-order chi connectivity index (χ0) is 11.0. The van der Waals surface area contributed by atoms with Gasteiger partial charge in [-0.25, -0.2) is 4.98 Å². The molecule has 6 heteroatoms. The molecular formula is C10H12ClN3OS. The quantitative estimate of drug-likeness (QED) is 0.715. The molecule has 86 valence electrons. The first-order valence-corrected chi connectivity index (χ1v) is 6.73. The zero-order valence-corrected chi connectivity index (χ0v) is 10.4. The Morgan fingerprint density at radius 3 is 2.88 bits per heavy atom. The topological polar surface area (TPSA) is 38.2 Å². The minimum atomic E-state index is 0.364. The van der Waals surface area contributed by atoms with Crippen molar-refractivity contribution in [3.63, 3.8) is 0 Å². The maximum Gasteiger partial charge on any atom is 0.224 e. The first-order valence-electron chi connectivity index (χ1n) is 5.36. The van der Waals surface area contributed by atoms with E-state index in [0.717, 1.165) is 50.0 Å². The number of anilines is 1. The van der Waals surface area contributed by atoms with Crippen LogP contribution in [0.1, 0.15) is 5.69 Å². The lowest BCUT2D eigenvalue weighted by Gasteiger charge is -2.29. The Hall–Kier alpha value is -0.520. The van der Waals surface area contributed by atoms with Gasteiger partial charge in [-0.05, 0) is 11.6 Å². The predicted molar refractivity (Wildman–Crippen MR) is 64.5 cm³/mol. The lowest BCUT2D eigenvalue weighted by molar-refractivity contribution is 0.122. The number of hydrogen-bond donors (Lipinski definition) is 0. The largest absolute Gasteiger partial charge is 0.378 e. The minimum Gasteiger partial charge on any atom is -0.378 e. The van der Waals surface area contributed by atoms with Gasteiger partial charge in [-0.1, -0.05) is 0 Å². The maximum absolute atomic E-state index is 5.96. The Labute approximate surface area is 103 Å². The van der Waals surface area contributed by atoms with Crippen LogP contribution in [0.4, 0.5) is 5.82 Å². The van der Waals surface area contributed by atoms with Gasteiger partial charge in [0.05, 0.1) is 23.8 Å². The van der Waals surface area contributed by atoms with Gasteiger partial charge >= 0.3 is 0 Å². The standard InChI is InChI=1S/C10H12ClN3OS/c11-10-12-7-1-6-16-8(7)9(13-10)14-2-4-15-5-3-14/h1-6H2. The van der Waals surface area contributed by atoms with Gasteiger partial charge in [0.15, 0.2) is 0 Å². The van der Waals surface area contributed by atoms with Crippen molar-refractivity contribution in [2.75, 3.05) is 37.0 Å². The molecule has 3 heterocycles. The molecular weight excluding hydrogens is 246 g/mol. The van der Waals surface area contributed by atoms with Crippen LogP contribution in [0, 0.1) is 0 Å². The summed E-state index contributed by atoms with van der Waals surface area (Å²) >= 11 is 7.79. The number of aryl methyl sites for hydroxylation is 1. The molecule has 0 N–H and O–H groups in total. The summed E-state index contributed by atoms with van der Waals surface area (Å²) < 4.78 is 5.35. The van der Waals surface area contributed by atoms with Crippen molar-refractivity contribution in [3.05, 3.63) is 11.0 Å². The molecule has 0 aliphatic carbocycles. The highest BCUT2D eigenvalue weighted by Crippen LogP contribution is 2.37. The van der Waals surface area contributed by atoms with Crippen LogP contribution in [-0.2, 0) is 11.2 Å². The molecule has 0 saturated carbocycles. The fourth-order valence-corrected chi connectivity index (χ4v) is 3.31. The number of aromatic nitrogens is 2. The van der Waals surface area contributed by atoms with Crippen LogP contribution in [0.15, 0.2) is 4.90 Å². The summed E-state index contributed by atoms with van der Waals surface area (Å²) in [6.07, 6.45) is 1.000. The van der Waals surface area contributed by atoms with E-state index in [1.54, 1.807) is 0 Å². The van der Waals surface area contributed by atoms with Crippen molar-refractivity contribution >= 4 is 29.2 Å². The van der Waals surface area contributed by atoms with Crippen LogP contribution in [0.25, 0.3) is 0 Å². The molecule has 0 bridgehead atoms. The molecule has 4 nitrogen and oxygen atoms in total. The average molecular weight is 258 g/mol. The average Bonchev–Trinajstić information content (AvgIpc) is 2.77. The third-order valence-corrected chi connectivity index (χ3v) is 4.07. The van der Waals surface area contributed by atoms with Crippen molar-refractivity contribution in [3.8, 4) is 0 Å². The second-order valence-corrected chi connectivity index (χ2v) is 5.23. The van der Waals surface area contributed by atoms with Crippen LogP contribution in [0.5, 0.6) is 0 Å². The fourth-order valence-electron chi connectivity index (χ4n) is 2.01. The highest BCUT2D eigenvalue weighted by atomic mass is 35.5. The van der Waals surface area contributed by atoms with E-state index >= 15 is 0 Å². The van der Waals surface area contributed by atoms with Gasteiger partial charge < -0.3 is 9.64 Å². The molecule has 1 aromatic rings. The van der Waals surface area contributed by atoms with Crippen molar-refractivity contribution in [1.29, 1.82) is 0 Å². The van der Waals surface area contributed by atoms with Crippen molar-refractivity contribution < 1.29 is 4.74 Å². The van der Waals surface area contributed by atoms with Gasteiger partial charge in [-0.15, -0.1) is 11.8 Å². The Morgan fingerprint density at radius 2 is 2.06 bits per heavy atom. The molecule has 0 amide bonds. The normalized spacial score (nSPS) is 19.9. The molecule has 1 saturated heterocycles. The van der Waals surface area contributed by atoms with E-state index < -0.39 is 0 Å². The van der Waals surface area contributed by atoms with E-state index in [4.69, 9.17) is 16.3 Å². The Balaban J connectivity index is 1.99. The summed E-state index contributed by atoms with van der Waals surface area (Å²) in [5.74, 6) is 2.09. The van der Waals surface area contributed by atoms with Crippen molar-refractivity contribution in [1.82, 2.24) is 9.97 Å². The predicted octanol–water partition coefficient (Wildman–Crippen LogP) is 1.61.